The van der Waals surface area contributed by atoms with Crippen LogP contribution in [0.5, 0.6) is 0 Å². The molecule has 0 heterocycles. The van der Waals surface area contributed by atoms with Crippen molar-refractivity contribution >= 4 is 0 Å². The normalized spacial score (nSPS) is 32.8. The van der Waals surface area contributed by atoms with Crippen molar-refractivity contribution in [2.45, 2.75) is 76.4 Å². The molecule has 0 atom stereocenters. The maximum atomic E-state index is 10.7. The first kappa shape index (κ1) is 11.4. The average Bonchev–Trinajstić information content (AvgIpc) is 2.60. The molecule has 2 nitrogen and oxygen atoms in total. The van der Waals surface area contributed by atoms with Crippen LogP contribution in [0.3, 0.4) is 0 Å². The van der Waals surface area contributed by atoms with Crippen molar-refractivity contribution in [2.24, 2.45) is 11.1 Å². The van der Waals surface area contributed by atoms with Crippen molar-refractivity contribution in [1.82, 2.24) is 0 Å². The van der Waals surface area contributed by atoms with Crippen molar-refractivity contribution in [1.29, 1.82) is 0 Å². The van der Waals surface area contributed by atoms with E-state index >= 15 is 0 Å². The first-order valence-corrected chi connectivity index (χ1v) is 6.38. The summed E-state index contributed by atoms with van der Waals surface area (Å²) in [5, 5.41) is 10.7. The van der Waals surface area contributed by atoms with Crippen LogP contribution in [-0.2, 0) is 0 Å². The SMILES string of the molecule is CC1(C)CCC(O)(C2(N)CCCC2)CC1. The standard InChI is InChI=1S/C13H25NO/c1-11(2)7-9-13(15,10-8-11)12(14)5-3-4-6-12/h15H,3-10,14H2,1-2H3. The number of hydrogen-bond acceptors (Lipinski definition) is 2. The highest BCUT2D eigenvalue weighted by atomic mass is 16.3. The molecule has 2 heteroatoms. The molecule has 0 aliphatic heterocycles. The van der Waals surface area contributed by atoms with Crippen LogP contribution in [0.2, 0.25) is 0 Å². The van der Waals surface area contributed by atoms with Crippen molar-refractivity contribution in [2.75, 3.05) is 0 Å². The Labute approximate surface area is 93.2 Å². The molecule has 3 N–H and O–H groups in total. The first-order chi connectivity index (χ1) is 6.87. The van der Waals surface area contributed by atoms with E-state index < -0.39 is 5.60 Å². The van der Waals surface area contributed by atoms with Crippen LogP contribution < -0.4 is 5.73 Å². The summed E-state index contributed by atoms with van der Waals surface area (Å²) in [6.07, 6.45) is 8.45. The lowest BCUT2D eigenvalue weighted by Crippen LogP contribution is -2.60. The van der Waals surface area contributed by atoms with Crippen molar-refractivity contribution in [3.05, 3.63) is 0 Å². The van der Waals surface area contributed by atoms with E-state index in [0.29, 0.717) is 5.41 Å². The second-order valence-electron chi connectivity index (χ2n) is 6.56. The number of hydrogen-bond donors (Lipinski definition) is 2. The van der Waals surface area contributed by atoms with Gasteiger partial charge in [-0.15, -0.1) is 0 Å². The third-order valence-electron chi connectivity index (χ3n) is 4.85. The Hall–Kier alpha value is -0.0800. The number of aliphatic hydroxyl groups is 1. The summed E-state index contributed by atoms with van der Waals surface area (Å²) >= 11 is 0. The lowest BCUT2D eigenvalue weighted by molar-refractivity contribution is -0.0828. The summed E-state index contributed by atoms with van der Waals surface area (Å²) in [6.45, 7) is 4.59. The van der Waals surface area contributed by atoms with E-state index in [1.54, 1.807) is 0 Å². The summed E-state index contributed by atoms with van der Waals surface area (Å²) < 4.78 is 0. The molecular weight excluding hydrogens is 186 g/mol. The molecule has 0 saturated heterocycles. The molecule has 2 saturated carbocycles. The molecular formula is C13H25NO. The minimum atomic E-state index is -0.570. The van der Waals surface area contributed by atoms with Crippen molar-refractivity contribution in [3.8, 4) is 0 Å². The second-order valence-corrected chi connectivity index (χ2v) is 6.56. The zero-order valence-electron chi connectivity index (χ0n) is 10.2. The van der Waals surface area contributed by atoms with E-state index in [4.69, 9.17) is 5.73 Å². The molecule has 2 fully saturated rings. The number of rotatable bonds is 1. The molecule has 0 spiro atoms. The third-order valence-corrected chi connectivity index (χ3v) is 4.85. The summed E-state index contributed by atoms with van der Waals surface area (Å²) in [5.41, 5.74) is 5.97. The lowest BCUT2D eigenvalue weighted by Gasteiger charge is -2.49. The molecule has 0 unspecified atom stereocenters. The molecule has 88 valence electrons. The Bertz CT molecular complexity index is 231. The van der Waals surface area contributed by atoms with Gasteiger partial charge in [0.1, 0.15) is 0 Å². The van der Waals surface area contributed by atoms with Gasteiger partial charge in [0.25, 0.3) is 0 Å². The second kappa shape index (κ2) is 3.46. The van der Waals surface area contributed by atoms with Gasteiger partial charge in [-0.25, -0.2) is 0 Å². The summed E-state index contributed by atoms with van der Waals surface area (Å²) in [4.78, 5) is 0. The van der Waals surface area contributed by atoms with Gasteiger partial charge in [0.15, 0.2) is 0 Å². The number of nitrogens with two attached hydrogens (primary N) is 1. The van der Waals surface area contributed by atoms with Gasteiger partial charge in [-0.2, -0.15) is 0 Å². The molecule has 2 aliphatic carbocycles. The lowest BCUT2D eigenvalue weighted by atomic mass is 9.63. The van der Waals surface area contributed by atoms with Gasteiger partial charge in [0, 0.05) is 5.54 Å². The molecule has 0 amide bonds. The van der Waals surface area contributed by atoms with Gasteiger partial charge in [-0.05, 0) is 43.9 Å². The largest absolute Gasteiger partial charge is 0.388 e. The van der Waals surface area contributed by atoms with E-state index in [9.17, 15) is 5.11 Å². The predicted octanol–water partition coefficient (Wildman–Crippen LogP) is 2.59. The van der Waals surface area contributed by atoms with Crippen LogP contribution in [0.1, 0.15) is 65.2 Å². The Morgan fingerprint density at radius 3 is 1.80 bits per heavy atom. The smallest absolute Gasteiger partial charge is 0.0826 e. The molecule has 0 aromatic heterocycles. The molecule has 2 rings (SSSR count). The van der Waals surface area contributed by atoms with E-state index in [0.717, 1.165) is 38.5 Å². The Balaban J connectivity index is 2.08. The molecule has 0 aromatic carbocycles. The van der Waals surface area contributed by atoms with E-state index in [1.165, 1.54) is 12.8 Å². The average molecular weight is 211 g/mol. The third kappa shape index (κ3) is 1.94. The monoisotopic (exact) mass is 211 g/mol. The minimum Gasteiger partial charge on any atom is -0.388 e. The predicted molar refractivity (Wildman–Crippen MR) is 62.6 cm³/mol. The van der Waals surface area contributed by atoms with Gasteiger partial charge in [-0.3, -0.25) is 0 Å². The maximum Gasteiger partial charge on any atom is 0.0826 e. The van der Waals surface area contributed by atoms with Crippen molar-refractivity contribution < 1.29 is 5.11 Å². The van der Waals surface area contributed by atoms with Gasteiger partial charge in [-0.1, -0.05) is 26.7 Å². The van der Waals surface area contributed by atoms with Crippen LogP contribution in [0.4, 0.5) is 0 Å². The maximum absolute atomic E-state index is 10.7. The van der Waals surface area contributed by atoms with Gasteiger partial charge < -0.3 is 10.8 Å². The summed E-state index contributed by atoms with van der Waals surface area (Å²) in [5.74, 6) is 0. The highest BCUT2D eigenvalue weighted by molar-refractivity contribution is 5.08. The van der Waals surface area contributed by atoms with Crippen LogP contribution >= 0.6 is 0 Å². The fourth-order valence-corrected chi connectivity index (χ4v) is 3.31. The summed E-state index contributed by atoms with van der Waals surface area (Å²) in [7, 11) is 0. The van der Waals surface area contributed by atoms with Gasteiger partial charge in [0.05, 0.1) is 5.60 Å². The fourth-order valence-electron chi connectivity index (χ4n) is 3.31. The minimum absolute atomic E-state index is 0.274. The fraction of sp³-hybridized carbons (Fsp3) is 1.00. The molecule has 2 aliphatic rings. The van der Waals surface area contributed by atoms with Crippen LogP contribution in [-0.4, -0.2) is 16.2 Å². The molecule has 0 bridgehead atoms. The Kier molecular flexibility index (Phi) is 2.63. The first-order valence-electron chi connectivity index (χ1n) is 6.38. The zero-order chi connectivity index (χ0) is 11.2. The van der Waals surface area contributed by atoms with E-state index in [1.807, 2.05) is 0 Å². The topological polar surface area (TPSA) is 46.2 Å². The van der Waals surface area contributed by atoms with Crippen LogP contribution in [0, 0.1) is 5.41 Å². The zero-order valence-corrected chi connectivity index (χ0v) is 10.2. The molecule has 15 heavy (non-hydrogen) atoms. The van der Waals surface area contributed by atoms with Gasteiger partial charge >= 0.3 is 0 Å². The summed E-state index contributed by atoms with van der Waals surface area (Å²) in [6, 6.07) is 0. The van der Waals surface area contributed by atoms with E-state index in [2.05, 4.69) is 13.8 Å². The Morgan fingerprint density at radius 1 is 0.867 bits per heavy atom. The van der Waals surface area contributed by atoms with Gasteiger partial charge in [0.2, 0.25) is 0 Å². The van der Waals surface area contributed by atoms with Crippen LogP contribution in [0.15, 0.2) is 0 Å². The molecule has 0 aromatic rings. The highest BCUT2D eigenvalue weighted by Gasteiger charge is 2.51. The van der Waals surface area contributed by atoms with E-state index in [-0.39, 0.29) is 5.54 Å². The van der Waals surface area contributed by atoms with Crippen LogP contribution in [0.25, 0.3) is 0 Å². The quantitative estimate of drug-likeness (QED) is 0.700. The van der Waals surface area contributed by atoms with Crippen molar-refractivity contribution in [3.63, 3.8) is 0 Å². The highest BCUT2D eigenvalue weighted by Crippen LogP contribution is 2.48. The molecule has 0 radical (unpaired) electrons. The Morgan fingerprint density at radius 2 is 1.33 bits per heavy atom.